The molecule has 0 radical (unpaired) electrons. The van der Waals surface area contributed by atoms with Crippen LogP contribution in [0.4, 0.5) is 0 Å². The summed E-state index contributed by atoms with van der Waals surface area (Å²) in [6.45, 7) is 2.27. The standard InChI is InChI=1S/C20H22O5S/c1-16-10-12-19(13-11-16)26(21,22)24-15-18-8-5-9-20(25-18)23-14-17-6-3-2-4-7-17/h2-7,9-13,18,20H,8,14-15H2,1H3/t18-,20-/m0/s1. The monoisotopic (exact) mass is 374 g/mol. The molecule has 3 rings (SSSR count). The maximum absolute atomic E-state index is 12.3. The van der Waals surface area contributed by atoms with E-state index in [2.05, 4.69) is 0 Å². The minimum absolute atomic E-state index is 0.0499. The number of aryl methyl sites for hydroxylation is 1. The van der Waals surface area contributed by atoms with Crippen molar-refractivity contribution in [3.8, 4) is 0 Å². The van der Waals surface area contributed by atoms with E-state index in [1.165, 1.54) is 12.1 Å². The summed E-state index contributed by atoms with van der Waals surface area (Å²) in [5.41, 5.74) is 2.04. The van der Waals surface area contributed by atoms with Crippen LogP contribution in [-0.4, -0.2) is 27.4 Å². The van der Waals surface area contributed by atoms with Gasteiger partial charge in [-0.05, 0) is 37.1 Å². The highest BCUT2D eigenvalue weighted by atomic mass is 32.2. The zero-order valence-corrected chi connectivity index (χ0v) is 15.4. The molecule has 0 unspecified atom stereocenters. The summed E-state index contributed by atoms with van der Waals surface area (Å²) in [6.07, 6.45) is 3.44. The molecule has 1 aliphatic heterocycles. The highest BCUT2D eigenvalue weighted by molar-refractivity contribution is 7.86. The molecule has 26 heavy (non-hydrogen) atoms. The van der Waals surface area contributed by atoms with Gasteiger partial charge in [-0.15, -0.1) is 0 Å². The van der Waals surface area contributed by atoms with Crippen LogP contribution in [0.25, 0.3) is 0 Å². The zero-order chi connectivity index (χ0) is 18.4. The normalized spacial score (nSPS) is 20.2. The maximum Gasteiger partial charge on any atom is 0.297 e. The van der Waals surface area contributed by atoms with Gasteiger partial charge in [-0.3, -0.25) is 4.18 Å². The Bertz CT molecular complexity index is 828. The largest absolute Gasteiger partial charge is 0.344 e. The van der Waals surface area contributed by atoms with Crippen LogP contribution in [0.3, 0.4) is 0 Å². The van der Waals surface area contributed by atoms with Gasteiger partial charge in [0.2, 0.25) is 0 Å². The number of benzene rings is 2. The highest BCUT2D eigenvalue weighted by Crippen LogP contribution is 2.18. The molecular weight excluding hydrogens is 352 g/mol. The summed E-state index contributed by atoms with van der Waals surface area (Å²) in [5, 5.41) is 0. The molecular formula is C20H22O5S. The van der Waals surface area contributed by atoms with E-state index in [1.54, 1.807) is 12.1 Å². The zero-order valence-electron chi connectivity index (χ0n) is 14.6. The second-order valence-electron chi connectivity index (χ2n) is 6.14. The van der Waals surface area contributed by atoms with Gasteiger partial charge in [0.25, 0.3) is 10.1 Å². The Morgan fingerprint density at radius 1 is 1.08 bits per heavy atom. The van der Waals surface area contributed by atoms with Gasteiger partial charge < -0.3 is 9.47 Å². The lowest BCUT2D eigenvalue weighted by Crippen LogP contribution is -2.30. The lowest BCUT2D eigenvalue weighted by molar-refractivity contribution is -0.160. The van der Waals surface area contributed by atoms with Gasteiger partial charge in [0, 0.05) is 0 Å². The van der Waals surface area contributed by atoms with Crippen molar-refractivity contribution in [3.63, 3.8) is 0 Å². The Kier molecular flexibility index (Phi) is 6.21. The first-order valence-electron chi connectivity index (χ1n) is 8.47. The van der Waals surface area contributed by atoms with Crippen molar-refractivity contribution in [1.29, 1.82) is 0 Å². The molecule has 2 atom stereocenters. The lowest BCUT2D eigenvalue weighted by Gasteiger charge is -2.25. The molecule has 0 spiro atoms. The molecule has 0 amide bonds. The molecule has 0 fully saturated rings. The van der Waals surface area contributed by atoms with Gasteiger partial charge in [-0.1, -0.05) is 54.1 Å². The van der Waals surface area contributed by atoms with Crippen LogP contribution < -0.4 is 0 Å². The van der Waals surface area contributed by atoms with Crippen molar-refractivity contribution < 1.29 is 22.1 Å². The van der Waals surface area contributed by atoms with Crippen molar-refractivity contribution in [2.45, 2.75) is 37.2 Å². The molecule has 0 aromatic heterocycles. The lowest BCUT2D eigenvalue weighted by atomic mass is 10.2. The van der Waals surface area contributed by atoms with Crippen molar-refractivity contribution in [1.82, 2.24) is 0 Å². The van der Waals surface area contributed by atoms with E-state index in [4.69, 9.17) is 13.7 Å². The van der Waals surface area contributed by atoms with Crippen LogP contribution in [0.5, 0.6) is 0 Å². The first-order chi connectivity index (χ1) is 12.5. The van der Waals surface area contributed by atoms with E-state index >= 15 is 0 Å². The van der Waals surface area contributed by atoms with E-state index in [9.17, 15) is 8.42 Å². The maximum atomic E-state index is 12.3. The Labute approximate surface area is 154 Å². The molecule has 0 saturated carbocycles. The van der Waals surface area contributed by atoms with E-state index in [0.29, 0.717) is 13.0 Å². The Morgan fingerprint density at radius 2 is 1.81 bits per heavy atom. The van der Waals surface area contributed by atoms with E-state index in [-0.39, 0.29) is 17.6 Å². The van der Waals surface area contributed by atoms with Crippen LogP contribution in [0.1, 0.15) is 17.5 Å². The van der Waals surface area contributed by atoms with Gasteiger partial charge in [0.05, 0.1) is 24.2 Å². The molecule has 6 heteroatoms. The highest BCUT2D eigenvalue weighted by Gasteiger charge is 2.23. The van der Waals surface area contributed by atoms with Gasteiger partial charge >= 0.3 is 0 Å². The second kappa shape index (κ2) is 8.60. The van der Waals surface area contributed by atoms with Gasteiger partial charge in [-0.25, -0.2) is 0 Å². The third-order valence-corrected chi connectivity index (χ3v) is 5.29. The quantitative estimate of drug-likeness (QED) is 0.547. The minimum atomic E-state index is -3.79. The van der Waals surface area contributed by atoms with Crippen molar-refractivity contribution in [2.75, 3.05) is 6.61 Å². The molecule has 2 aromatic carbocycles. The molecule has 2 aromatic rings. The molecule has 138 valence electrons. The Balaban J connectivity index is 1.51. The number of hydrogen-bond acceptors (Lipinski definition) is 5. The molecule has 5 nitrogen and oxygen atoms in total. The summed E-state index contributed by atoms with van der Waals surface area (Å²) >= 11 is 0. The average Bonchev–Trinajstić information content (AvgIpc) is 2.66. The van der Waals surface area contributed by atoms with Crippen molar-refractivity contribution in [3.05, 3.63) is 77.9 Å². The van der Waals surface area contributed by atoms with E-state index in [0.717, 1.165) is 11.1 Å². The number of ether oxygens (including phenoxy) is 2. The SMILES string of the molecule is Cc1ccc(S(=O)(=O)OC[C@@H]2CC=C[C@@H](OCc3ccccc3)O2)cc1. The fourth-order valence-electron chi connectivity index (χ4n) is 2.53. The van der Waals surface area contributed by atoms with Crippen molar-refractivity contribution in [2.24, 2.45) is 0 Å². The summed E-state index contributed by atoms with van der Waals surface area (Å²) in [4.78, 5) is 0.145. The van der Waals surface area contributed by atoms with Gasteiger partial charge in [0.15, 0.2) is 6.29 Å². The smallest absolute Gasteiger partial charge is 0.297 e. The number of rotatable bonds is 7. The Morgan fingerprint density at radius 3 is 2.54 bits per heavy atom. The molecule has 0 N–H and O–H groups in total. The van der Waals surface area contributed by atoms with Gasteiger partial charge in [0.1, 0.15) is 0 Å². The van der Waals surface area contributed by atoms with Crippen LogP contribution in [-0.2, 0) is 30.4 Å². The molecule has 0 saturated heterocycles. The Hall–Kier alpha value is -1.99. The molecule has 0 bridgehead atoms. The van der Waals surface area contributed by atoms with E-state index in [1.807, 2.05) is 49.4 Å². The topological polar surface area (TPSA) is 61.8 Å². The van der Waals surface area contributed by atoms with Crippen LogP contribution >= 0.6 is 0 Å². The molecule has 1 aliphatic rings. The minimum Gasteiger partial charge on any atom is -0.344 e. The summed E-state index contributed by atoms with van der Waals surface area (Å²) in [7, 11) is -3.79. The molecule has 1 heterocycles. The second-order valence-corrected chi connectivity index (χ2v) is 7.75. The fourth-order valence-corrected chi connectivity index (χ4v) is 3.46. The van der Waals surface area contributed by atoms with Gasteiger partial charge in [-0.2, -0.15) is 8.42 Å². The predicted molar refractivity (Wildman–Crippen MR) is 98.0 cm³/mol. The van der Waals surface area contributed by atoms with E-state index < -0.39 is 16.4 Å². The van der Waals surface area contributed by atoms with Crippen LogP contribution in [0, 0.1) is 6.92 Å². The third-order valence-electron chi connectivity index (χ3n) is 3.99. The first-order valence-corrected chi connectivity index (χ1v) is 9.87. The first kappa shape index (κ1) is 18.8. The van der Waals surface area contributed by atoms with Crippen LogP contribution in [0.2, 0.25) is 0 Å². The summed E-state index contributed by atoms with van der Waals surface area (Å²) in [6, 6.07) is 16.3. The molecule has 0 aliphatic carbocycles. The fraction of sp³-hybridized carbons (Fsp3) is 0.300. The van der Waals surface area contributed by atoms with Crippen molar-refractivity contribution >= 4 is 10.1 Å². The summed E-state index contributed by atoms with van der Waals surface area (Å²) < 4.78 is 41.1. The van der Waals surface area contributed by atoms with Crippen LogP contribution in [0.15, 0.2) is 71.6 Å². The third kappa shape index (κ3) is 5.25. The number of hydrogen-bond donors (Lipinski definition) is 0. The average molecular weight is 374 g/mol. The summed E-state index contributed by atoms with van der Waals surface area (Å²) in [5.74, 6) is 0. The predicted octanol–water partition coefficient (Wildman–Crippen LogP) is 3.59.